The molecule has 0 fully saturated rings. The number of halogens is 5. The van der Waals surface area contributed by atoms with Gasteiger partial charge in [0.05, 0.1) is 5.46 Å². The molecule has 0 amide bonds. The van der Waals surface area contributed by atoms with E-state index in [9.17, 15) is 22.0 Å². The van der Waals surface area contributed by atoms with Gasteiger partial charge in [0.2, 0.25) is 0 Å². The zero-order valence-electron chi connectivity index (χ0n) is 6.77. The summed E-state index contributed by atoms with van der Waals surface area (Å²) in [4.78, 5) is 3.07. The first kappa shape index (κ1) is 11.9. The Hall–Kier alpha value is -1.19. The molecule has 1 aromatic carbocycles. The van der Waals surface area contributed by atoms with Crippen molar-refractivity contribution in [2.75, 3.05) is 0 Å². The molecule has 0 unspecified atom stereocenters. The summed E-state index contributed by atoms with van der Waals surface area (Å²) >= 11 is 0. The van der Waals surface area contributed by atoms with E-state index in [1.807, 2.05) is 0 Å². The van der Waals surface area contributed by atoms with Crippen LogP contribution in [0.1, 0.15) is 0 Å². The van der Waals surface area contributed by atoms with Crippen molar-refractivity contribution in [3.63, 3.8) is 0 Å². The molecule has 0 spiro atoms. The van der Waals surface area contributed by atoms with Crippen LogP contribution in [0, 0.1) is 29.1 Å². The Morgan fingerprint density at radius 2 is 1.13 bits per heavy atom. The van der Waals surface area contributed by atoms with Gasteiger partial charge in [0.1, 0.15) is 0 Å². The molecule has 0 aliphatic rings. The van der Waals surface area contributed by atoms with Gasteiger partial charge in [-0.25, -0.2) is 22.0 Å². The van der Waals surface area contributed by atoms with E-state index in [4.69, 9.17) is 10.3 Å². The summed E-state index contributed by atoms with van der Waals surface area (Å²) in [6, 6.07) is 0. The highest BCUT2D eigenvalue weighted by Crippen LogP contribution is 2.16. The molecule has 0 aliphatic heterocycles. The van der Waals surface area contributed by atoms with Gasteiger partial charge in [0.15, 0.2) is 29.1 Å². The van der Waals surface area contributed by atoms with Gasteiger partial charge in [-0.2, -0.15) is 0 Å². The van der Waals surface area contributed by atoms with Gasteiger partial charge < -0.3 is 5.02 Å². The Morgan fingerprint density at radius 3 is 1.47 bits per heavy atom. The van der Waals surface area contributed by atoms with Crippen molar-refractivity contribution in [2.45, 2.75) is 0 Å². The molecule has 0 bridgehead atoms. The molecule has 0 aromatic heterocycles. The van der Waals surface area contributed by atoms with Gasteiger partial charge in [0.25, 0.3) is 0 Å². The first-order valence-electron chi connectivity index (χ1n) is 3.41. The van der Waals surface area contributed by atoms with Crippen LogP contribution in [0.5, 0.6) is 0 Å². The van der Waals surface area contributed by atoms with Gasteiger partial charge in [-0.3, -0.25) is 10.1 Å². The van der Waals surface area contributed by atoms with Gasteiger partial charge in [-0.15, -0.1) is 0 Å². The lowest BCUT2D eigenvalue weighted by Gasteiger charge is -2.07. The van der Waals surface area contributed by atoms with Gasteiger partial charge in [-0.1, -0.05) is 0 Å². The molecule has 0 saturated heterocycles. The third-order valence-electron chi connectivity index (χ3n) is 1.59. The van der Waals surface area contributed by atoms with Crippen molar-refractivity contribution in [1.82, 2.24) is 0 Å². The fourth-order valence-corrected chi connectivity index (χ4v) is 0.891. The van der Waals surface area contributed by atoms with E-state index < -0.39 is 41.7 Å². The molecule has 2 N–H and O–H groups in total. The maximum atomic E-state index is 12.8. The highest BCUT2D eigenvalue weighted by atomic mass is 19.2. The fourth-order valence-electron chi connectivity index (χ4n) is 0.891. The standard InChI is InChI=1S/C6H2BF5O3/c8-2-1(7(13)15-14)3(9)5(11)6(12)4(2)10/h13-14H. The molecule has 3 nitrogen and oxygen atoms in total. The molecular formula is C6H2BF5O3. The second kappa shape index (κ2) is 4.13. The number of hydrogen-bond acceptors (Lipinski definition) is 3. The number of benzene rings is 1. The van der Waals surface area contributed by atoms with E-state index in [0.29, 0.717) is 0 Å². The van der Waals surface area contributed by atoms with Crippen LogP contribution in [0.25, 0.3) is 0 Å². The lowest BCUT2D eigenvalue weighted by atomic mass is 9.79. The summed E-state index contributed by atoms with van der Waals surface area (Å²) in [7, 11) is -2.66. The van der Waals surface area contributed by atoms with E-state index in [1.54, 1.807) is 0 Å². The molecular weight excluding hydrogens is 226 g/mol. The summed E-state index contributed by atoms with van der Waals surface area (Å²) in [6.45, 7) is 0. The summed E-state index contributed by atoms with van der Waals surface area (Å²) in [5, 5.41) is 16.5. The van der Waals surface area contributed by atoms with Crippen LogP contribution >= 0.6 is 0 Å². The highest BCUT2D eigenvalue weighted by molar-refractivity contribution is 6.59. The van der Waals surface area contributed by atoms with Crippen LogP contribution in [-0.4, -0.2) is 17.4 Å². The molecule has 0 saturated carbocycles. The van der Waals surface area contributed by atoms with Crippen LogP contribution in [0.3, 0.4) is 0 Å². The lowest BCUT2D eigenvalue weighted by Crippen LogP contribution is -2.40. The quantitative estimate of drug-likeness (QED) is 0.194. The minimum atomic E-state index is -2.66. The normalized spacial score (nSPS) is 10.6. The molecule has 0 heterocycles. The molecule has 0 aliphatic carbocycles. The molecule has 1 rings (SSSR count). The number of rotatable bonds is 2. The van der Waals surface area contributed by atoms with Crippen LogP contribution in [0.4, 0.5) is 22.0 Å². The van der Waals surface area contributed by atoms with Crippen molar-refractivity contribution in [3.8, 4) is 0 Å². The molecule has 0 radical (unpaired) electrons. The third-order valence-corrected chi connectivity index (χ3v) is 1.59. The molecule has 82 valence electrons. The summed E-state index contributed by atoms with van der Waals surface area (Å²) in [5.41, 5.74) is -1.66. The van der Waals surface area contributed by atoms with E-state index >= 15 is 0 Å². The Morgan fingerprint density at radius 1 is 0.800 bits per heavy atom. The SMILES string of the molecule is OOB(O)c1c(F)c(F)c(F)c(F)c1F. The number of hydrogen-bond donors (Lipinski definition) is 2. The average Bonchev–Trinajstić information content (AvgIpc) is 2.23. The smallest absolute Gasteiger partial charge is 0.421 e. The molecule has 9 heteroatoms. The van der Waals surface area contributed by atoms with Crippen molar-refractivity contribution in [2.24, 2.45) is 0 Å². The van der Waals surface area contributed by atoms with Crippen LogP contribution < -0.4 is 5.46 Å². The lowest BCUT2D eigenvalue weighted by molar-refractivity contribution is -0.154. The maximum absolute atomic E-state index is 12.8. The molecule has 0 atom stereocenters. The van der Waals surface area contributed by atoms with Crippen molar-refractivity contribution < 1.29 is 37.0 Å². The second-order valence-corrected chi connectivity index (χ2v) is 2.44. The first-order valence-corrected chi connectivity index (χ1v) is 3.41. The van der Waals surface area contributed by atoms with Crippen LogP contribution in [0.2, 0.25) is 0 Å². The third kappa shape index (κ3) is 1.81. The largest absolute Gasteiger partial charge is 0.528 e. The fraction of sp³-hybridized carbons (Fsp3) is 0. The molecule has 15 heavy (non-hydrogen) atoms. The van der Waals surface area contributed by atoms with Gasteiger partial charge >= 0.3 is 7.12 Å². The Labute approximate surface area is 79.8 Å². The summed E-state index contributed by atoms with van der Waals surface area (Å²) in [6.07, 6.45) is 0. The predicted octanol–water partition coefficient (Wildman–Crippen LogP) is 0.559. The monoisotopic (exact) mass is 228 g/mol. The maximum Gasteiger partial charge on any atom is 0.528 e. The van der Waals surface area contributed by atoms with Crippen LogP contribution in [0.15, 0.2) is 0 Å². The van der Waals surface area contributed by atoms with Crippen molar-refractivity contribution in [3.05, 3.63) is 29.1 Å². The first-order chi connectivity index (χ1) is 6.91. The van der Waals surface area contributed by atoms with Gasteiger partial charge in [-0.05, 0) is 0 Å². The summed E-state index contributed by atoms with van der Waals surface area (Å²) in [5.74, 6) is -11.4. The second-order valence-electron chi connectivity index (χ2n) is 2.44. The minimum absolute atomic E-state index is 1.66. The van der Waals surface area contributed by atoms with E-state index in [-0.39, 0.29) is 0 Å². The summed E-state index contributed by atoms with van der Waals surface area (Å²) < 4.78 is 63.0. The van der Waals surface area contributed by atoms with E-state index in [1.165, 1.54) is 0 Å². The zero-order valence-corrected chi connectivity index (χ0v) is 6.77. The Kier molecular flexibility index (Phi) is 3.27. The van der Waals surface area contributed by atoms with Crippen molar-refractivity contribution in [1.29, 1.82) is 0 Å². The van der Waals surface area contributed by atoms with E-state index in [0.717, 1.165) is 0 Å². The molecule has 1 aromatic rings. The van der Waals surface area contributed by atoms with E-state index in [2.05, 4.69) is 4.81 Å². The highest BCUT2D eigenvalue weighted by Gasteiger charge is 2.33. The van der Waals surface area contributed by atoms with Crippen molar-refractivity contribution >= 4 is 12.6 Å². The van der Waals surface area contributed by atoms with Gasteiger partial charge in [0, 0.05) is 0 Å². The average molecular weight is 228 g/mol. The Balaban J connectivity index is 3.52. The Bertz CT molecular complexity index is 370. The van der Waals surface area contributed by atoms with Crippen LogP contribution in [-0.2, 0) is 4.81 Å². The zero-order chi connectivity index (χ0) is 11.7. The predicted molar refractivity (Wildman–Crippen MR) is 37.6 cm³/mol. The minimum Gasteiger partial charge on any atom is -0.421 e. The topological polar surface area (TPSA) is 49.7 Å².